The number of nitrogens with one attached hydrogen (secondary N) is 1. The fourth-order valence-electron chi connectivity index (χ4n) is 2.36. The van der Waals surface area contributed by atoms with E-state index in [4.69, 9.17) is 0 Å². The van der Waals surface area contributed by atoms with Gasteiger partial charge in [-0.1, -0.05) is 19.9 Å². The van der Waals surface area contributed by atoms with Crippen LogP contribution in [0.15, 0.2) is 23.4 Å². The van der Waals surface area contributed by atoms with Crippen molar-refractivity contribution in [2.24, 2.45) is 0 Å². The fourth-order valence-corrected chi connectivity index (χ4v) is 3.78. The molecule has 6 heteroatoms. The number of aromatic nitrogens is 1. The van der Waals surface area contributed by atoms with Gasteiger partial charge in [0.05, 0.1) is 0 Å². The van der Waals surface area contributed by atoms with E-state index in [0.29, 0.717) is 6.04 Å². The third kappa shape index (κ3) is 4.02. The van der Waals surface area contributed by atoms with Crippen LogP contribution in [0.2, 0.25) is 0 Å². The Morgan fingerprint density at radius 2 is 2.00 bits per heavy atom. The van der Waals surface area contributed by atoms with Crippen LogP contribution in [0, 0.1) is 0 Å². The first-order valence-corrected chi connectivity index (χ1v) is 9.09. The molecule has 5 nitrogen and oxygen atoms in total. The van der Waals surface area contributed by atoms with Crippen LogP contribution in [0.25, 0.3) is 0 Å². The van der Waals surface area contributed by atoms with Crippen molar-refractivity contribution in [2.45, 2.75) is 63.2 Å². The highest BCUT2D eigenvalue weighted by atomic mass is 32.2. The van der Waals surface area contributed by atoms with Crippen molar-refractivity contribution in [3.63, 3.8) is 0 Å². The SMILES string of the molecule is CCC(CC)N(C)S(=O)(=O)c1ccc(CNC2CC2)cn1. The van der Waals surface area contributed by atoms with E-state index in [2.05, 4.69) is 10.3 Å². The molecule has 0 atom stereocenters. The molecule has 0 saturated heterocycles. The van der Waals surface area contributed by atoms with Crippen LogP contribution in [0.1, 0.15) is 45.1 Å². The predicted molar refractivity (Wildman–Crippen MR) is 83.4 cm³/mol. The largest absolute Gasteiger partial charge is 0.310 e. The molecule has 0 amide bonds. The number of pyridine rings is 1. The molecular formula is C15H25N3O2S. The molecule has 0 unspecified atom stereocenters. The second-order valence-corrected chi connectivity index (χ2v) is 7.60. The van der Waals surface area contributed by atoms with Crippen LogP contribution in [0.4, 0.5) is 0 Å². The Morgan fingerprint density at radius 1 is 1.33 bits per heavy atom. The minimum absolute atomic E-state index is 0.0213. The van der Waals surface area contributed by atoms with Crippen molar-refractivity contribution in [3.8, 4) is 0 Å². The number of sulfonamides is 1. The first-order chi connectivity index (χ1) is 9.98. The molecule has 21 heavy (non-hydrogen) atoms. The zero-order valence-corrected chi connectivity index (χ0v) is 13.9. The van der Waals surface area contributed by atoms with E-state index >= 15 is 0 Å². The van der Waals surface area contributed by atoms with Gasteiger partial charge in [0.1, 0.15) is 0 Å². The van der Waals surface area contributed by atoms with Crippen molar-refractivity contribution >= 4 is 10.0 Å². The standard InChI is InChI=1S/C15H25N3O2S/c1-4-14(5-2)18(3)21(19,20)15-9-6-12(11-17-15)10-16-13-7-8-13/h6,9,11,13-14,16H,4-5,7-8,10H2,1-3H3. The maximum Gasteiger partial charge on any atom is 0.260 e. The highest BCUT2D eigenvalue weighted by Crippen LogP contribution is 2.20. The first kappa shape index (κ1) is 16.4. The highest BCUT2D eigenvalue weighted by molar-refractivity contribution is 7.89. The Kier molecular flexibility index (Phi) is 5.35. The van der Waals surface area contributed by atoms with Gasteiger partial charge in [-0.25, -0.2) is 13.4 Å². The smallest absolute Gasteiger partial charge is 0.260 e. The molecule has 0 spiro atoms. The second-order valence-electron chi connectivity index (χ2n) is 5.65. The van der Waals surface area contributed by atoms with Crippen molar-refractivity contribution in [2.75, 3.05) is 7.05 Å². The molecule has 0 radical (unpaired) electrons. The average molecular weight is 311 g/mol. The van der Waals surface area contributed by atoms with Gasteiger partial charge in [-0.15, -0.1) is 0 Å². The Bertz CT molecular complexity index is 549. The maximum atomic E-state index is 12.5. The van der Waals surface area contributed by atoms with E-state index in [0.717, 1.165) is 24.9 Å². The summed E-state index contributed by atoms with van der Waals surface area (Å²) in [5.41, 5.74) is 1.02. The van der Waals surface area contributed by atoms with Gasteiger partial charge in [-0.2, -0.15) is 4.31 Å². The molecule has 1 N–H and O–H groups in total. The molecule has 1 heterocycles. The van der Waals surface area contributed by atoms with E-state index in [-0.39, 0.29) is 11.1 Å². The Hall–Kier alpha value is -0.980. The third-order valence-corrected chi connectivity index (χ3v) is 5.90. The van der Waals surface area contributed by atoms with Crippen molar-refractivity contribution < 1.29 is 8.42 Å². The molecule has 1 fully saturated rings. The molecule has 1 aliphatic carbocycles. The van der Waals surface area contributed by atoms with Crippen LogP contribution >= 0.6 is 0 Å². The minimum Gasteiger partial charge on any atom is -0.310 e. The molecule has 2 rings (SSSR count). The van der Waals surface area contributed by atoms with Crippen LogP contribution < -0.4 is 5.32 Å². The van der Waals surface area contributed by atoms with E-state index in [1.165, 1.54) is 17.1 Å². The lowest BCUT2D eigenvalue weighted by Crippen LogP contribution is -2.36. The van der Waals surface area contributed by atoms with E-state index in [9.17, 15) is 8.42 Å². The zero-order valence-electron chi connectivity index (χ0n) is 13.0. The molecule has 0 aliphatic heterocycles. The third-order valence-electron chi connectivity index (χ3n) is 4.07. The normalized spacial score (nSPS) is 15.9. The lowest BCUT2D eigenvalue weighted by atomic mass is 10.2. The Balaban J connectivity index is 2.08. The van der Waals surface area contributed by atoms with Gasteiger partial charge < -0.3 is 5.32 Å². The quantitative estimate of drug-likeness (QED) is 0.799. The summed E-state index contributed by atoms with van der Waals surface area (Å²) >= 11 is 0. The molecular weight excluding hydrogens is 286 g/mol. The summed E-state index contributed by atoms with van der Waals surface area (Å²) in [6, 6.07) is 4.11. The lowest BCUT2D eigenvalue weighted by molar-refractivity contribution is 0.348. The summed E-state index contributed by atoms with van der Waals surface area (Å²) in [5.74, 6) is 0. The summed E-state index contributed by atoms with van der Waals surface area (Å²) in [7, 11) is -1.86. The summed E-state index contributed by atoms with van der Waals surface area (Å²) in [4.78, 5) is 4.15. The van der Waals surface area contributed by atoms with Gasteiger partial charge in [0, 0.05) is 31.9 Å². The van der Waals surface area contributed by atoms with Gasteiger partial charge >= 0.3 is 0 Å². The van der Waals surface area contributed by atoms with Gasteiger partial charge in [0.25, 0.3) is 10.0 Å². The predicted octanol–water partition coefficient (Wildman–Crippen LogP) is 2.14. The molecule has 118 valence electrons. The Morgan fingerprint density at radius 3 is 2.48 bits per heavy atom. The molecule has 1 aliphatic rings. The Labute approximate surface area is 127 Å². The van der Waals surface area contributed by atoms with Crippen LogP contribution in [-0.2, 0) is 16.6 Å². The van der Waals surface area contributed by atoms with Crippen molar-refractivity contribution in [1.82, 2.24) is 14.6 Å². The highest BCUT2D eigenvalue weighted by Gasteiger charge is 2.27. The molecule has 1 aromatic rings. The molecule has 1 saturated carbocycles. The van der Waals surface area contributed by atoms with Gasteiger partial charge in [0.15, 0.2) is 5.03 Å². The van der Waals surface area contributed by atoms with E-state index < -0.39 is 10.0 Å². The summed E-state index contributed by atoms with van der Waals surface area (Å²) in [6.07, 6.45) is 5.73. The zero-order chi connectivity index (χ0) is 15.5. The van der Waals surface area contributed by atoms with Gasteiger partial charge in [-0.3, -0.25) is 0 Å². The van der Waals surface area contributed by atoms with Crippen LogP contribution in [-0.4, -0.2) is 36.8 Å². The van der Waals surface area contributed by atoms with Gasteiger partial charge in [-0.05, 0) is 37.3 Å². The summed E-state index contributed by atoms with van der Waals surface area (Å²) in [5, 5.41) is 3.52. The molecule has 0 bridgehead atoms. The fraction of sp³-hybridized carbons (Fsp3) is 0.667. The van der Waals surface area contributed by atoms with Crippen molar-refractivity contribution in [1.29, 1.82) is 0 Å². The topological polar surface area (TPSA) is 62.3 Å². The van der Waals surface area contributed by atoms with Gasteiger partial charge in [0.2, 0.25) is 0 Å². The molecule has 1 aromatic heterocycles. The maximum absolute atomic E-state index is 12.5. The number of nitrogens with zero attached hydrogens (tertiary/aromatic N) is 2. The average Bonchev–Trinajstić information content (AvgIpc) is 3.31. The van der Waals surface area contributed by atoms with Crippen molar-refractivity contribution in [3.05, 3.63) is 23.9 Å². The van der Waals surface area contributed by atoms with E-state index in [1.807, 2.05) is 19.9 Å². The van der Waals surface area contributed by atoms with E-state index in [1.54, 1.807) is 19.3 Å². The number of rotatable bonds is 8. The monoisotopic (exact) mass is 311 g/mol. The first-order valence-electron chi connectivity index (χ1n) is 7.65. The summed E-state index contributed by atoms with van der Waals surface area (Å²) < 4.78 is 26.5. The van der Waals surface area contributed by atoms with Crippen LogP contribution in [0.5, 0.6) is 0 Å². The minimum atomic E-state index is -3.50. The molecule has 0 aromatic carbocycles. The number of hydrogen-bond donors (Lipinski definition) is 1. The second kappa shape index (κ2) is 6.85. The van der Waals surface area contributed by atoms with Crippen LogP contribution in [0.3, 0.4) is 0 Å². The number of hydrogen-bond acceptors (Lipinski definition) is 4. The lowest BCUT2D eigenvalue weighted by Gasteiger charge is -2.25. The summed E-state index contributed by atoms with van der Waals surface area (Å²) in [6.45, 7) is 4.75.